The fraction of sp³-hybridized carbons (Fsp3) is 0.455. The van der Waals surface area contributed by atoms with Crippen LogP contribution in [-0.4, -0.2) is 22.9 Å². The van der Waals surface area contributed by atoms with E-state index in [4.69, 9.17) is 5.11 Å². The molecule has 0 aromatic heterocycles. The highest BCUT2D eigenvalue weighted by Gasteiger charge is 2.15. The van der Waals surface area contributed by atoms with Crippen LogP contribution in [0.2, 0.25) is 0 Å². The number of aliphatic hydroxyl groups excluding tert-OH is 1. The van der Waals surface area contributed by atoms with Gasteiger partial charge in [-0.3, -0.25) is 0 Å². The zero-order valence-corrected chi connectivity index (χ0v) is 12.3. The van der Waals surface area contributed by atoms with Gasteiger partial charge in [-0.2, -0.15) is 0 Å². The predicted octanol–water partition coefficient (Wildman–Crippen LogP) is 2.95. The second kappa shape index (κ2) is 6.00. The number of rotatable bonds is 4. The maximum Gasteiger partial charge on any atom is 0.134 e. The van der Waals surface area contributed by atoms with Gasteiger partial charge in [-0.05, 0) is 41.9 Å². The summed E-state index contributed by atoms with van der Waals surface area (Å²) in [6, 6.07) is 3.62. The van der Waals surface area contributed by atoms with Crippen molar-refractivity contribution in [3.8, 4) is 5.75 Å². The van der Waals surface area contributed by atoms with Crippen LogP contribution in [0.5, 0.6) is 5.75 Å². The molecule has 16 heavy (non-hydrogen) atoms. The smallest absolute Gasteiger partial charge is 0.134 e. The van der Waals surface area contributed by atoms with E-state index in [1.54, 1.807) is 6.07 Å². The molecular weight excluding hydrogens is 338 g/mol. The monoisotopic (exact) mass is 351 g/mol. The molecule has 90 valence electrons. The van der Waals surface area contributed by atoms with Crippen molar-refractivity contribution in [3.05, 3.63) is 26.6 Å². The maximum atomic E-state index is 9.91. The van der Waals surface area contributed by atoms with Gasteiger partial charge in [0.2, 0.25) is 0 Å². The summed E-state index contributed by atoms with van der Waals surface area (Å²) in [7, 11) is 0. The van der Waals surface area contributed by atoms with Crippen molar-refractivity contribution in [2.24, 2.45) is 0 Å². The number of nitrogens with one attached hydrogen (secondary N) is 1. The maximum absolute atomic E-state index is 9.91. The predicted molar refractivity (Wildman–Crippen MR) is 71.6 cm³/mol. The highest BCUT2D eigenvalue weighted by atomic mass is 79.9. The molecule has 0 amide bonds. The molecule has 2 atom stereocenters. The van der Waals surface area contributed by atoms with E-state index in [0.717, 1.165) is 10.0 Å². The highest BCUT2D eigenvalue weighted by Crippen LogP contribution is 2.35. The Hall–Kier alpha value is -0.100. The van der Waals surface area contributed by atoms with E-state index >= 15 is 0 Å². The van der Waals surface area contributed by atoms with Gasteiger partial charge >= 0.3 is 0 Å². The van der Waals surface area contributed by atoms with E-state index in [-0.39, 0.29) is 24.4 Å². The van der Waals surface area contributed by atoms with Gasteiger partial charge in [-0.15, -0.1) is 0 Å². The minimum Gasteiger partial charge on any atom is -0.506 e. The summed E-state index contributed by atoms with van der Waals surface area (Å²) in [5.41, 5.74) is 0.793. The second-order valence-corrected chi connectivity index (χ2v) is 5.57. The third-order valence-electron chi connectivity index (χ3n) is 2.33. The molecule has 0 saturated heterocycles. The quantitative estimate of drug-likeness (QED) is 0.780. The third-order valence-corrected chi connectivity index (χ3v) is 3.39. The van der Waals surface area contributed by atoms with Crippen LogP contribution in [0.25, 0.3) is 0 Å². The number of hydrogen-bond donors (Lipinski definition) is 3. The third kappa shape index (κ3) is 3.45. The minimum absolute atomic E-state index is 0.00726. The zero-order chi connectivity index (χ0) is 12.3. The molecule has 0 aliphatic heterocycles. The topological polar surface area (TPSA) is 52.5 Å². The van der Waals surface area contributed by atoms with Crippen LogP contribution < -0.4 is 5.32 Å². The van der Waals surface area contributed by atoms with Gasteiger partial charge < -0.3 is 15.5 Å². The van der Waals surface area contributed by atoms with Crippen molar-refractivity contribution in [2.75, 3.05) is 6.61 Å². The molecule has 1 aromatic carbocycles. The zero-order valence-electron chi connectivity index (χ0n) is 9.17. The van der Waals surface area contributed by atoms with Crippen LogP contribution in [0.1, 0.15) is 25.5 Å². The molecule has 0 aliphatic rings. The van der Waals surface area contributed by atoms with Crippen LogP contribution in [0.4, 0.5) is 0 Å². The van der Waals surface area contributed by atoms with Crippen LogP contribution in [0.15, 0.2) is 21.1 Å². The Kier molecular flexibility index (Phi) is 5.24. The molecule has 0 saturated carbocycles. The van der Waals surface area contributed by atoms with Crippen molar-refractivity contribution >= 4 is 31.9 Å². The number of phenolic OH excluding ortho intramolecular Hbond substituents is 1. The number of benzene rings is 1. The number of aliphatic hydroxyl groups is 1. The molecule has 5 heteroatoms. The fourth-order valence-corrected chi connectivity index (χ4v) is 2.74. The van der Waals surface area contributed by atoms with Crippen molar-refractivity contribution in [3.63, 3.8) is 0 Å². The largest absolute Gasteiger partial charge is 0.506 e. The van der Waals surface area contributed by atoms with Gasteiger partial charge in [0.15, 0.2) is 0 Å². The lowest BCUT2D eigenvalue weighted by Crippen LogP contribution is -2.31. The summed E-state index contributed by atoms with van der Waals surface area (Å²) < 4.78 is 1.56. The van der Waals surface area contributed by atoms with E-state index < -0.39 is 0 Å². The summed E-state index contributed by atoms with van der Waals surface area (Å²) in [6.07, 6.45) is 0. The first-order valence-corrected chi connectivity index (χ1v) is 6.59. The molecule has 0 radical (unpaired) electrons. The lowest BCUT2D eigenvalue weighted by atomic mass is 10.1. The number of aromatic hydroxyl groups is 1. The lowest BCUT2D eigenvalue weighted by Gasteiger charge is -2.20. The molecule has 3 N–H and O–H groups in total. The number of halogens is 2. The average Bonchev–Trinajstić information content (AvgIpc) is 2.22. The van der Waals surface area contributed by atoms with Gasteiger partial charge in [-0.1, -0.05) is 15.9 Å². The van der Waals surface area contributed by atoms with E-state index in [1.807, 2.05) is 19.9 Å². The Bertz CT molecular complexity index is 371. The first-order chi connectivity index (χ1) is 7.45. The van der Waals surface area contributed by atoms with E-state index in [9.17, 15) is 5.11 Å². The van der Waals surface area contributed by atoms with Crippen LogP contribution >= 0.6 is 31.9 Å². The number of phenols is 1. The SMILES string of the molecule is CC(N[C@H](C)CO)c1cc(Br)cc(Br)c1O. The van der Waals surface area contributed by atoms with E-state index in [0.29, 0.717) is 4.47 Å². The first kappa shape index (κ1) is 14.0. The van der Waals surface area contributed by atoms with Crippen LogP contribution in [0.3, 0.4) is 0 Å². The highest BCUT2D eigenvalue weighted by molar-refractivity contribution is 9.11. The standard InChI is InChI=1S/C11H15Br2NO2/c1-6(5-15)14-7(2)9-3-8(12)4-10(13)11(9)16/h3-4,6-7,14-16H,5H2,1-2H3/t6-,7?/m1/s1. The molecule has 0 bridgehead atoms. The molecular formula is C11H15Br2NO2. The Morgan fingerprint density at radius 3 is 2.50 bits per heavy atom. The van der Waals surface area contributed by atoms with Gasteiger partial charge in [-0.25, -0.2) is 0 Å². The van der Waals surface area contributed by atoms with Gasteiger partial charge in [0.1, 0.15) is 5.75 Å². The summed E-state index contributed by atoms with van der Waals surface area (Å²) >= 11 is 6.67. The Labute approximate surface area is 112 Å². The molecule has 0 heterocycles. The first-order valence-electron chi connectivity index (χ1n) is 5.00. The van der Waals surface area contributed by atoms with Gasteiger partial charge in [0, 0.05) is 22.1 Å². The van der Waals surface area contributed by atoms with Crippen molar-refractivity contribution in [2.45, 2.75) is 25.9 Å². The summed E-state index contributed by atoms with van der Waals surface area (Å²) in [6.45, 7) is 3.90. The van der Waals surface area contributed by atoms with E-state index in [1.165, 1.54) is 0 Å². The van der Waals surface area contributed by atoms with Crippen LogP contribution in [0, 0.1) is 0 Å². The van der Waals surface area contributed by atoms with Crippen molar-refractivity contribution < 1.29 is 10.2 Å². The lowest BCUT2D eigenvalue weighted by molar-refractivity contribution is 0.242. The van der Waals surface area contributed by atoms with Gasteiger partial charge in [0.05, 0.1) is 11.1 Å². The number of hydrogen-bond acceptors (Lipinski definition) is 3. The van der Waals surface area contributed by atoms with Crippen molar-refractivity contribution in [1.29, 1.82) is 0 Å². The molecule has 1 unspecified atom stereocenters. The second-order valence-electron chi connectivity index (χ2n) is 3.80. The Balaban J connectivity index is 2.94. The summed E-state index contributed by atoms with van der Waals surface area (Å²) in [5, 5.41) is 22.1. The van der Waals surface area contributed by atoms with Crippen molar-refractivity contribution in [1.82, 2.24) is 5.32 Å². The molecule has 1 rings (SSSR count). The van der Waals surface area contributed by atoms with E-state index in [2.05, 4.69) is 37.2 Å². The van der Waals surface area contributed by atoms with Crippen LogP contribution in [-0.2, 0) is 0 Å². The summed E-state index contributed by atoms with van der Waals surface area (Å²) in [5.74, 6) is 0.230. The molecule has 0 fully saturated rings. The molecule has 0 spiro atoms. The fourth-order valence-electron chi connectivity index (χ4n) is 1.49. The van der Waals surface area contributed by atoms with Gasteiger partial charge in [0.25, 0.3) is 0 Å². The molecule has 1 aromatic rings. The summed E-state index contributed by atoms with van der Waals surface area (Å²) in [4.78, 5) is 0. The normalized spacial score (nSPS) is 14.8. The molecule has 3 nitrogen and oxygen atoms in total. The Morgan fingerprint density at radius 2 is 1.94 bits per heavy atom. The average molecular weight is 353 g/mol. The minimum atomic E-state index is -0.0315. The molecule has 0 aliphatic carbocycles. The Morgan fingerprint density at radius 1 is 1.31 bits per heavy atom.